The molecule has 0 fully saturated rings. The van der Waals surface area contributed by atoms with Crippen molar-refractivity contribution in [1.29, 1.82) is 0 Å². The third-order valence-corrected chi connectivity index (χ3v) is 3.50. The standard InChI is InChI=1S/C15H19N3O6/c1-8(10(14(21)23-2)15(22)24-3)11(12(16)19)18-13(20)9-4-6-17-7-5-9/h4-8,10-11H,1-3H3,(H2,16,19)(H,18,20)/t8-,11-/m0/s1. The molecule has 2 atom stereocenters. The van der Waals surface area contributed by atoms with Gasteiger partial charge in [-0.1, -0.05) is 6.92 Å². The van der Waals surface area contributed by atoms with Crippen molar-refractivity contribution in [2.24, 2.45) is 17.6 Å². The van der Waals surface area contributed by atoms with Crippen molar-refractivity contribution in [2.75, 3.05) is 14.2 Å². The molecule has 0 saturated carbocycles. The number of amides is 2. The molecule has 0 aliphatic carbocycles. The van der Waals surface area contributed by atoms with Gasteiger partial charge in [-0.3, -0.25) is 24.2 Å². The number of carbonyl (C=O) groups excluding carboxylic acids is 4. The first kappa shape index (κ1) is 19.1. The van der Waals surface area contributed by atoms with Crippen LogP contribution in [0.2, 0.25) is 0 Å². The Morgan fingerprint density at radius 2 is 1.58 bits per heavy atom. The van der Waals surface area contributed by atoms with Gasteiger partial charge in [-0.05, 0) is 12.1 Å². The SMILES string of the molecule is COC(=O)C(C(=O)OC)[C@H](C)[C@H](NC(=O)c1ccncc1)C(N)=O. The highest BCUT2D eigenvalue weighted by Crippen LogP contribution is 2.20. The van der Waals surface area contributed by atoms with Crippen LogP contribution in [0.15, 0.2) is 24.5 Å². The van der Waals surface area contributed by atoms with E-state index in [0.717, 1.165) is 14.2 Å². The maximum atomic E-state index is 12.2. The average molecular weight is 337 g/mol. The van der Waals surface area contributed by atoms with E-state index in [1.807, 2.05) is 0 Å². The minimum Gasteiger partial charge on any atom is -0.468 e. The van der Waals surface area contributed by atoms with Crippen LogP contribution in [0, 0.1) is 11.8 Å². The van der Waals surface area contributed by atoms with Crippen LogP contribution in [0.5, 0.6) is 0 Å². The van der Waals surface area contributed by atoms with Crippen molar-refractivity contribution in [3.05, 3.63) is 30.1 Å². The molecule has 3 N–H and O–H groups in total. The molecule has 0 spiro atoms. The van der Waals surface area contributed by atoms with Gasteiger partial charge in [-0.2, -0.15) is 0 Å². The number of methoxy groups -OCH3 is 2. The lowest BCUT2D eigenvalue weighted by atomic mass is 9.86. The van der Waals surface area contributed by atoms with Gasteiger partial charge in [0.25, 0.3) is 5.91 Å². The minimum atomic E-state index is -1.41. The number of rotatable bonds is 7. The fourth-order valence-corrected chi connectivity index (χ4v) is 2.16. The summed E-state index contributed by atoms with van der Waals surface area (Å²) >= 11 is 0. The summed E-state index contributed by atoms with van der Waals surface area (Å²) in [6.45, 7) is 1.42. The van der Waals surface area contributed by atoms with E-state index >= 15 is 0 Å². The van der Waals surface area contributed by atoms with E-state index in [9.17, 15) is 19.2 Å². The molecular formula is C15H19N3O6. The summed E-state index contributed by atoms with van der Waals surface area (Å²) in [5.74, 6) is -5.66. The van der Waals surface area contributed by atoms with Gasteiger partial charge in [0.2, 0.25) is 5.91 Å². The number of aromatic nitrogens is 1. The number of nitrogens with zero attached hydrogens (tertiary/aromatic N) is 1. The third kappa shape index (κ3) is 4.51. The van der Waals surface area contributed by atoms with Crippen LogP contribution < -0.4 is 11.1 Å². The minimum absolute atomic E-state index is 0.246. The number of nitrogens with two attached hydrogens (primary N) is 1. The molecule has 130 valence electrons. The first-order valence-electron chi connectivity index (χ1n) is 6.99. The molecule has 0 bridgehead atoms. The van der Waals surface area contributed by atoms with Crippen molar-refractivity contribution >= 4 is 23.8 Å². The highest BCUT2D eigenvalue weighted by molar-refractivity contribution is 5.99. The van der Waals surface area contributed by atoms with E-state index in [4.69, 9.17) is 5.73 Å². The molecule has 9 nitrogen and oxygen atoms in total. The Kier molecular flexibility index (Phi) is 6.84. The summed E-state index contributed by atoms with van der Waals surface area (Å²) in [6.07, 6.45) is 2.81. The van der Waals surface area contributed by atoms with Crippen LogP contribution in [0.3, 0.4) is 0 Å². The van der Waals surface area contributed by atoms with E-state index < -0.39 is 41.6 Å². The molecular weight excluding hydrogens is 318 g/mol. The number of primary amides is 1. The van der Waals surface area contributed by atoms with Crippen molar-refractivity contribution < 1.29 is 28.7 Å². The Morgan fingerprint density at radius 1 is 1.08 bits per heavy atom. The zero-order valence-electron chi connectivity index (χ0n) is 13.5. The molecule has 1 aromatic rings. The zero-order valence-corrected chi connectivity index (χ0v) is 13.5. The van der Waals surface area contributed by atoms with Gasteiger partial charge in [0.05, 0.1) is 14.2 Å². The van der Waals surface area contributed by atoms with E-state index in [1.54, 1.807) is 0 Å². The molecule has 2 amide bonds. The van der Waals surface area contributed by atoms with Crippen LogP contribution in [-0.2, 0) is 23.9 Å². The Labute approximate surface area is 138 Å². The summed E-state index contributed by atoms with van der Waals surface area (Å²) in [5.41, 5.74) is 5.56. The van der Waals surface area contributed by atoms with Gasteiger partial charge in [-0.25, -0.2) is 0 Å². The highest BCUT2D eigenvalue weighted by atomic mass is 16.5. The second-order valence-electron chi connectivity index (χ2n) is 4.97. The number of pyridine rings is 1. The Bertz CT molecular complexity index is 603. The quantitative estimate of drug-likeness (QED) is 0.494. The van der Waals surface area contributed by atoms with Crippen LogP contribution in [0.1, 0.15) is 17.3 Å². The van der Waals surface area contributed by atoms with Crippen molar-refractivity contribution in [3.8, 4) is 0 Å². The zero-order chi connectivity index (χ0) is 18.3. The molecule has 1 aromatic heterocycles. The maximum absolute atomic E-state index is 12.2. The predicted molar refractivity (Wildman–Crippen MR) is 81.4 cm³/mol. The van der Waals surface area contributed by atoms with Crippen LogP contribution in [0.4, 0.5) is 0 Å². The second kappa shape index (κ2) is 8.61. The van der Waals surface area contributed by atoms with Gasteiger partial charge in [0.1, 0.15) is 6.04 Å². The summed E-state index contributed by atoms with van der Waals surface area (Å²) in [4.78, 5) is 51.4. The smallest absolute Gasteiger partial charge is 0.320 e. The fraction of sp³-hybridized carbons (Fsp3) is 0.400. The molecule has 0 aliphatic heterocycles. The first-order valence-corrected chi connectivity index (χ1v) is 6.99. The van der Waals surface area contributed by atoms with E-state index in [-0.39, 0.29) is 5.56 Å². The average Bonchev–Trinajstić information content (AvgIpc) is 2.59. The van der Waals surface area contributed by atoms with E-state index in [0.29, 0.717) is 0 Å². The van der Waals surface area contributed by atoms with Crippen molar-refractivity contribution in [1.82, 2.24) is 10.3 Å². The molecule has 24 heavy (non-hydrogen) atoms. The highest BCUT2D eigenvalue weighted by Gasteiger charge is 2.41. The van der Waals surface area contributed by atoms with Crippen molar-refractivity contribution in [3.63, 3.8) is 0 Å². The molecule has 0 aromatic carbocycles. The number of hydrogen-bond acceptors (Lipinski definition) is 7. The van der Waals surface area contributed by atoms with Crippen LogP contribution >= 0.6 is 0 Å². The lowest BCUT2D eigenvalue weighted by molar-refractivity contribution is -0.161. The molecule has 0 aliphatic rings. The Balaban J connectivity index is 3.04. The topological polar surface area (TPSA) is 138 Å². The van der Waals surface area contributed by atoms with E-state index in [1.165, 1.54) is 31.5 Å². The van der Waals surface area contributed by atoms with Crippen LogP contribution in [-0.4, -0.2) is 49.0 Å². The molecule has 0 unspecified atom stereocenters. The lowest BCUT2D eigenvalue weighted by Gasteiger charge is -2.26. The van der Waals surface area contributed by atoms with Gasteiger partial charge >= 0.3 is 11.9 Å². The normalized spacial score (nSPS) is 12.8. The second-order valence-corrected chi connectivity index (χ2v) is 4.97. The molecule has 9 heteroatoms. The Morgan fingerprint density at radius 3 is 2.00 bits per heavy atom. The largest absolute Gasteiger partial charge is 0.468 e. The molecule has 1 heterocycles. The van der Waals surface area contributed by atoms with Gasteiger partial charge in [-0.15, -0.1) is 0 Å². The number of hydrogen-bond donors (Lipinski definition) is 2. The van der Waals surface area contributed by atoms with Crippen molar-refractivity contribution in [2.45, 2.75) is 13.0 Å². The van der Waals surface area contributed by atoms with Gasteiger partial charge in [0.15, 0.2) is 5.92 Å². The summed E-state index contributed by atoms with van der Waals surface area (Å²) in [6, 6.07) is 1.60. The van der Waals surface area contributed by atoms with Gasteiger partial charge in [0, 0.05) is 23.9 Å². The van der Waals surface area contributed by atoms with E-state index in [2.05, 4.69) is 19.8 Å². The number of nitrogens with one attached hydrogen (secondary N) is 1. The van der Waals surface area contributed by atoms with Crippen LogP contribution in [0.25, 0.3) is 0 Å². The summed E-state index contributed by atoms with van der Waals surface area (Å²) in [5, 5.41) is 2.41. The maximum Gasteiger partial charge on any atom is 0.320 e. The Hall–Kier alpha value is -2.97. The predicted octanol–water partition coefficient (Wildman–Crippen LogP) is -0.736. The number of carbonyl (C=O) groups is 4. The first-order chi connectivity index (χ1) is 11.3. The number of ether oxygens (including phenoxy) is 2. The number of esters is 2. The third-order valence-electron chi connectivity index (χ3n) is 3.50. The summed E-state index contributed by atoms with van der Waals surface area (Å²) in [7, 11) is 2.19. The monoisotopic (exact) mass is 337 g/mol. The van der Waals surface area contributed by atoms with Gasteiger partial charge < -0.3 is 20.5 Å². The molecule has 0 saturated heterocycles. The summed E-state index contributed by atoms with van der Waals surface area (Å²) < 4.78 is 9.13. The molecule has 0 radical (unpaired) electrons. The molecule has 1 rings (SSSR count). The fourth-order valence-electron chi connectivity index (χ4n) is 2.16. The lowest BCUT2D eigenvalue weighted by Crippen LogP contribution is -2.52.